The predicted molar refractivity (Wildman–Crippen MR) is 93.2 cm³/mol. The van der Waals surface area contributed by atoms with Crippen molar-refractivity contribution in [2.45, 2.75) is 44.6 Å². The molecule has 1 heterocycles. The van der Waals surface area contributed by atoms with Crippen LogP contribution in [-0.2, 0) is 6.42 Å². The van der Waals surface area contributed by atoms with Crippen LogP contribution in [0.15, 0.2) is 42.5 Å². The second-order valence-corrected chi connectivity index (χ2v) is 6.71. The van der Waals surface area contributed by atoms with Crippen molar-refractivity contribution in [1.82, 2.24) is 0 Å². The Balaban J connectivity index is 1.82. The molecule has 2 aromatic rings. The Bertz CT molecular complexity index is 768. The van der Waals surface area contributed by atoms with Gasteiger partial charge in [-0.15, -0.1) is 0 Å². The van der Waals surface area contributed by atoms with Crippen LogP contribution in [0, 0.1) is 0 Å². The van der Waals surface area contributed by atoms with Gasteiger partial charge in [-0.25, -0.2) is 4.79 Å². The number of para-hydroxylation sites is 1. The van der Waals surface area contributed by atoms with Crippen LogP contribution in [0.3, 0.4) is 0 Å². The number of fused-ring (bicyclic) bond motifs is 1. The van der Waals surface area contributed by atoms with Crippen LogP contribution in [0.2, 0.25) is 0 Å². The minimum absolute atomic E-state index is 0.00801. The second kappa shape index (κ2) is 5.86. The quantitative estimate of drug-likeness (QED) is 0.847. The third-order valence-electron chi connectivity index (χ3n) is 4.97. The predicted octanol–water partition coefficient (Wildman–Crippen LogP) is 5.18. The average Bonchev–Trinajstić information content (AvgIpc) is 3.40. The average molecular weight is 323 g/mol. The van der Waals surface area contributed by atoms with E-state index in [4.69, 9.17) is 4.74 Å². The molecule has 1 amide bonds. The molecule has 2 aliphatic rings. The summed E-state index contributed by atoms with van der Waals surface area (Å²) in [7, 11) is 0. The Hall–Kier alpha value is -2.49. The van der Waals surface area contributed by atoms with Gasteiger partial charge in [0.15, 0.2) is 0 Å². The van der Waals surface area contributed by atoms with Crippen LogP contribution >= 0.6 is 0 Å². The number of anilines is 1. The summed E-state index contributed by atoms with van der Waals surface area (Å²) in [4.78, 5) is 13.2. The molecular formula is C20H21NO3. The van der Waals surface area contributed by atoms with Gasteiger partial charge in [-0.2, -0.15) is 0 Å². The highest BCUT2D eigenvalue weighted by molar-refractivity contribution is 5.89. The fraction of sp³-hybridized carbons (Fsp3) is 0.350. The highest BCUT2D eigenvalue weighted by Crippen LogP contribution is 2.50. The Morgan fingerprint density at radius 3 is 2.54 bits per heavy atom. The monoisotopic (exact) mass is 323 g/mol. The van der Waals surface area contributed by atoms with Crippen molar-refractivity contribution < 1.29 is 14.6 Å². The number of rotatable bonds is 3. The van der Waals surface area contributed by atoms with Gasteiger partial charge in [0.2, 0.25) is 0 Å². The van der Waals surface area contributed by atoms with Crippen molar-refractivity contribution in [1.29, 1.82) is 0 Å². The van der Waals surface area contributed by atoms with Gasteiger partial charge in [0.1, 0.15) is 11.5 Å². The lowest BCUT2D eigenvalue weighted by Gasteiger charge is -2.34. The van der Waals surface area contributed by atoms with Gasteiger partial charge in [0.25, 0.3) is 0 Å². The summed E-state index contributed by atoms with van der Waals surface area (Å²) in [6.07, 6.45) is 3.14. The van der Waals surface area contributed by atoms with Crippen molar-refractivity contribution in [3.8, 4) is 11.5 Å². The normalized spacial score (nSPS) is 19.7. The summed E-state index contributed by atoms with van der Waals surface area (Å²) in [5.41, 5.74) is 3.03. The number of hydrogen-bond donors (Lipinski definition) is 1. The zero-order chi connectivity index (χ0) is 16.7. The molecule has 4 heteroatoms. The summed E-state index contributed by atoms with van der Waals surface area (Å²) in [5.74, 6) is 2.22. The summed E-state index contributed by atoms with van der Waals surface area (Å²) < 4.78 is 6.25. The maximum absolute atomic E-state index is 11.7. The molecule has 0 saturated heterocycles. The molecule has 2 aromatic carbocycles. The highest BCUT2D eigenvalue weighted by Gasteiger charge is 2.34. The maximum atomic E-state index is 11.7. The van der Waals surface area contributed by atoms with E-state index in [1.54, 1.807) is 0 Å². The van der Waals surface area contributed by atoms with Gasteiger partial charge in [-0.05, 0) is 62.3 Å². The lowest BCUT2D eigenvalue weighted by molar-refractivity contribution is 0.198. The molecule has 1 N–H and O–H groups in total. The largest absolute Gasteiger partial charge is 0.465 e. The van der Waals surface area contributed by atoms with Gasteiger partial charge in [0.05, 0.1) is 5.69 Å². The van der Waals surface area contributed by atoms with Gasteiger partial charge in [0, 0.05) is 11.6 Å². The van der Waals surface area contributed by atoms with Crippen LogP contribution in [0.5, 0.6) is 11.5 Å². The van der Waals surface area contributed by atoms with E-state index >= 15 is 0 Å². The van der Waals surface area contributed by atoms with Crippen molar-refractivity contribution in [2.24, 2.45) is 0 Å². The number of amides is 1. The third kappa shape index (κ3) is 2.62. The Labute approximate surface area is 141 Å². The molecule has 1 fully saturated rings. The molecule has 124 valence electrons. The topological polar surface area (TPSA) is 49.8 Å². The Morgan fingerprint density at radius 2 is 1.88 bits per heavy atom. The Morgan fingerprint density at radius 1 is 1.12 bits per heavy atom. The summed E-state index contributed by atoms with van der Waals surface area (Å²) in [5, 5.41) is 9.61. The van der Waals surface area contributed by atoms with E-state index in [2.05, 4.69) is 6.07 Å². The summed E-state index contributed by atoms with van der Waals surface area (Å²) in [6, 6.07) is 13.8. The number of carbonyl (C=O) groups is 1. The molecule has 0 radical (unpaired) electrons. The standard InChI is InChI=1S/C20H21NO3/c1-13-7-10-17-18(21(13)20(22)23)12-11-16(14-8-9-14)19(17)24-15-5-3-2-4-6-15/h2-6,11-14H,7-10H2,1H3,(H,22,23). The van der Waals surface area contributed by atoms with E-state index in [0.29, 0.717) is 5.92 Å². The molecule has 1 unspecified atom stereocenters. The third-order valence-corrected chi connectivity index (χ3v) is 4.97. The number of nitrogens with zero attached hydrogens (tertiary/aromatic N) is 1. The van der Waals surface area contributed by atoms with E-state index in [9.17, 15) is 9.90 Å². The Kier molecular flexibility index (Phi) is 3.68. The molecule has 0 aromatic heterocycles. The minimum Gasteiger partial charge on any atom is -0.465 e. The number of carboxylic acid groups (broad SMARTS) is 1. The van der Waals surface area contributed by atoms with Crippen LogP contribution in [0.4, 0.5) is 10.5 Å². The van der Waals surface area contributed by atoms with Crippen LogP contribution in [0.1, 0.15) is 43.2 Å². The molecule has 1 aliphatic carbocycles. The first kappa shape index (κ1) is 15.1. The molecule has 0 spiro atoms. The van der Waals surface area contributed by atoms with E-state index in [0.717, 1.165) is 35.6 Å². The van der Waals surface area contributed by atoms with E-state index in [1.807, 2.05) is 43.3 Å². The first-order valence-corrected chi connectivity index (χ1v) is 8.56. The number of benzene rings is 2. The smallest absolute Gasteiger partial charge is 0.412 e. The molecule has 1 aliphatic heterocycles. The molecule has 4 rings (SSSR count). The van der Waals surface area contributed by atoms with Crippen LogP contribution < -0.4 is 9.64 Å². The first-order valence-electron chi connectivity index (χ1n) is 8.56. The minimum atomic E-state index is -0.895. The molecular weight excluding hydrogens is 302 g/mol. The molecule has 4 nitrogen and oxygen atoms in total. The van der Waals surface area contributed by atoms with Crippen molar-refractivity contribution in [3.05, 3.63) is 53.6 Å². The van der Waals surface area contributed by atoms with Crippen molar-refractivity contribution >= 4 is 11.8 Å². The van der Waals surface area contributed by atoms with Crippen LogP contribution in [0.25, 0.3) is 0 Å². The SMILES string of the molecule is CC1CCc2c(ccc(C3CC3)c2Oc2ccccc2)N1C(=O)O. The molecule has 1 saturated carbocycles. The lowest BCUT2D eigenvalue weighted by Crippen LogP contribution is -2.41. The zero-order valence-electron chi connectivity index (χ0n) is 13.7. The number of hydrogen-bond acceptors (Lipinski definition) is 2. The van der Waals surface area contributed by atoms with Gasteiger partial charge in [-0.3, -0.25) is 4.90 Å². The highest BCUT2D eigenvalue weighted by atomic mass is 16.5. The fourth-order valence-corrected chi connectivity index (χ4v) is 3.56. The van der Waals surface area contributed by atoms with E-state index in [1.165, 1.54) is 23.3 Å². The first-order chi connectivity index (χ1) is 11.6. The van der Waals surface area contributed by atoms with Crippen LogP contribution in [-0.4, -0.2) is 17.2 Å². The maximum Gasteiger partial charge on any atom is 0.412 e. The van der Waals surface area contributed by atoms with E-state index < -0.39 is 6.09 Å². The molecule has 1 atom stereocenters. The van der Waals surface area contributed by atoms with Crippen molar-refractivity contribution in [3.63, 3.8) is 0 Å². The summed E-state index contributed by atoms with van der Waals surface area (Å²) >= 11 is 0. The van der Waals surface area contributed by atoms with Gasteiger partial charge < -0.3 is 9.84 Å². The lowest BCUT2D eigenvalue weighted by atomic mass is 9.93. The number of ether oxygens (including phenoxy) is 1. The van der Waals surface area contributed by atoms with Crippen molar-refractivity contribution in [2.75, 3.05) is 4.90 Å². The van der Waals surface area contributed by atoms with E-state index in [-0.39, 0.29) is 6.04 Å². The second-order valence-electron chi connectivity index (χ2n) is 6.71. The molecule has 0 bridgehead atoms. The zero-order valence-corrected chi connectivity index (χ0v) is 13.7. The fourth-order valence-electron chi connectivity index (χ4n) is 3.56. The van der Waals surface area contributed by atoms with Gasteiger partial charge in [-0.1, -0.05) is 24.3 Å². The van der Waals surface area contributed by atoms with Gasteiger partial charge >= 0.3 is 6.09 Å². The molecule has 24 heavy (non-hydrogen) atoms. The summed E-state index contributed by atoms with van der Waals surface area (Å²) in [6.45, 7) is 1.96.